The predicted octanol–water partition coefficient (Wildman–Crippen LogP) is -0.598. The molecule has 3 N–H and O–H groups in total. The van der Waals surface area contributed by atoms with Gasteiger partial charge in [0.25, 0.3) is 0 Å². The van der Waals surface area contributed by atoms with E-state index in [1.54, 1.807) is 6.92 Å². The molecule has 0 radical (unpaired) electrons. The average molecular weight is 185 g/mol. The molecule has 0 spiro atoms. The minimum atomic E-state index is 0.163. The molecule has 76 valence electrons. The number of amides is 1. The van der Waals surface area contributed by atoms with Gasteiger partial charge in [0, 0.05) is 26.1 Å². The van der Waals surface area contributed by atoms with Crippen molar-refractivity contribution >= 4 is 5.91 Å². The maximum Gasteiger partial charge on any atom is 0.219 e. The summed E-state index contributed by atoms with van der Waals surface area (Å²) in [6.45, 7) is 3.98. The van der Waals surface area contributed by atoms with E-state index >= 15 is 0 Å². The standard InChI is InChI=1S/C9H19N3O/c1-7(13)12-4-3-8(5-10)9(6-12)11-2/h8-9,11H,3-6,10H2,1-2H3. The first kappa shape index (κ1) is 10.5. The molecule has 1 fully saturated rings. The Bertz CT molecular complexity index is 184. The zero-order valence-electron chi connectivity index (χ0n) is 8.42. The van der Waals surface area contributed by atoms with Crippen LogP contribution in [0, 0.1) is 5.92 Å². The molecule has 0 aromatic rings. The van der Waals surface area contributed by atoms with Crippen molar-refractivity contribution in [2.75, 3.05) is 26.7 Å². The lowest BCUT2D eigenvalue weighted by atomic mass is 9.92. The van der Waals surface area contributed by atoms with Crippen molar-refractivity contribution in [3.8, 4) is 0 Å². The van der Waals surface area contributed by atoms with Crippen LogP contribution in [0.1, 0.15) is 13.3 Å². The van der Waals surface area contributed by atoms with Crippen LogP contribution in [0.25, 0.3) is 0 Å². The summed E-state index contributed by atoms with van der Waals surface area (Å²) >= 11 is 0. The second kappa shape index (κ2) is 4.58. The van der Waals surface area contributed by atoms with E-state index in [0.717, 1.165) is 19.5 Å². The largest absolute Gasteiger partial charge is 0.341 e. The molecule has 4 nitrogen and oxygen atoms in total. The molecule has 0 aromatic heterocycles. The van der Waals surface area contributed by atoms with Crippen LogP contribution >= 0.6 is 0 Å². The Kier molecular flexibility index (Phi) is 3.69. The number of likely N-dealkylation sites (tertiary alicyclic amines) is 1. The maximum absolute atomic E-state index is 11.1. The molecule has 4 heteroatoms. The third-order valence-corrected chi connectivity index (χ3v) is 2.87. The molecule has 2 atom stereocenters. The van der Waals surface area contributed by atoms with Gasteiger partial charge in [0.05, 0.1) is 0 Å². The van der Waals surface area contributed by atoms with Gasteiger partial charge in [0.15, 0.2) is 0 Å². The second-order valence-electron chi connectivity index (χ2n) is 3.64. The first-order valence-corrected chi connectivity index (χ1v) is 4.82. The smallest absolute Gasteiger partial charge is 0.219 e. The van der Waals surface area contributed by atoms with E-state index in [-0.39, 0.29) is 5.91 Å². The quantitative estimate of drug-likeness (QED) is 0.604. The summed E-state index contributed by atoms with van der Waals surface area (Å²) in [4.78, 5) is 13.0. The number of carbonyl (C=O) groups excluding carboxylic acids is 1. The predicted molar refractivity (Wildman–Crippen MR) is 52.3 cm³/mol. The van der Waals surface area contributed by atoms with E-state index in [2.05, 4.69) is 5.32 Å². The van der Waals surface area contributed by atoms with Crippen molar-refractivity contribution in [2.24, 2.45) is 11.7 Å². The van der Waals surface area contributed by atoms with Gasteiger partial charge in [-0.25, -0.2) is 0 Å². The topological polar surface area (TPSA) is 58.4 Å². The number of hydrogen-bond acceptors (Lipinski definition) is 3. The molecule has 13 heavy (non-hydrogen) atoms. The summed E-state index contributed by atoms with van der Waals surface area (Å²) in [5.41, 5.74) is 5.65. The number of piperidine rings is 1. The minimum absolute atomic E-state index is 0.163. The number of rotatable bonds is 2. The number of carbonyl (C=O) groups is 1. The van der Waals surface area contributed by atoms with Crippen LogP contribution in [0.2, 0.25) is 0 Å². The molecular weight excluding hydrogens is 166 g/mol. The highest BCUT2D eigenvalue weighted by Crippen LogP contribution is 2.16. The van der Waals surface area contributed by atoms with Crippen LogP contribution in [0.15, 0.2) is 0 Å². The highest BCUT2D eigenvalue weighted by Gasteiger charge is 2.27. The Morgan fingerprint density at radius 2 is 2.38 bits per heavy atom. The Morgan fingerprint density at radius 3 is 2.85 bits per heavy atom. The van der Waals surface area contributed by atoms with Crippen molar-refractivity contribution in [1.82, 2.24) is 10.2 Å². The van der Waals surface area contributed by atoms with E-state index in [9.17, 15) is 4.79 Å². The summed E-state index contributed by atoms with van der Waals surface area (Å²) in [5.74, 6) is 0.677. The van der Waals surface area contributed by atoms with Gasteiger partial charge in [-0.1, -0.05) is 0 Å². The fraction of sp³-hybridized carbons (Fsp3) is 0.889. The average Bonchev–Trinajstić information content (AvgIpc) is 2.16. The molecule has 1 saturated heterocycles. The summed E-state index contributed by atoms with van der Waals surface area (Å²) in [7, 11) is 1.93. The van der Waals surface area contributed by atoms with Crippen LogP contribution in [0.3, 0.4) is 0 Å². The highest BCUT2D eigenvalue weighted by atomic mass is 16.2. The Balaban J connectivity index is 2.52. The van der Waals surface area contributed by atoms with E-state index in [1.165, 1.54) is 0 Å². The van der Waals surface area contributed by atoms with Crippen LogP contribution in [0.5, 0.6) is 0 Å². The lowest BCUT2D eigenvalue weighted by Crippen LogP contribution is -2.53. The Labute approximate surface area is 79.5 Å². The molecule has 1 aliphatic heterocycles. The van der Waals surface area contributed by atoms with E-state index in [0.29, 0.717) is 18.5 Å². The van der Waals surface area contributed by atoms with Crippen molar-refractivity contribution < 1.29 is 4.79 Å². The molecule has 1 rings (SSSR count). The first-order valence-electron chi connectivity index (χ1n) is 4.82. The van der Waals surface area contributed by atoms with Crippen molar-refractivity contribution in [3.63, 3.8) is 0 Å². The molecule has 0 saturated carbocycles. The van der Waals surface area contributed by atoms with Gasteiger partial charge in [-0.05, 0) is 25.9 Å². The molecule has 0 aliphatic carbocycles. The van der Waals surface area contributed by atoms with Gasteiger partial charge in [0.1, 0.15) is 0 Å². The zero-order chi connectivity index (χ0) is 9.84. The van der Waals surface area contributed by atoms with Crippen LogP contribution in [-0.2, 0) is 4.79 Å². The SMILES string of the molecule is CNC1CN(C(C)=O)CCC1CN. The first-order chi connectivity index (χ1) is 6.19. The third kappa shape index (κ3) is 2.42. The summed E-state index contributed by atoms with van der Waals surface area (Å²) in [5, 5.41) is 3.22. The molecule has 2 unspecified atom stereocenters. The number of hydrogen-bond donors (Lipinski definition) is 2. The van der Waals surface area contributed by atoms with Crippen molar-refractivity contribution in [3.05, 3.63) is 0 Å². The molecule has 1 amide bonds. The van der Waals surface area contributed by atoms with Gasteiger partial charge in [-0.15, -0.1) is 0 Å². The van der Waals surface area contributed by atoms with Crippen molar-refractivity contribution in [2.45, 2.75) is 19.4 Å². The summed E-state index contributed by atoms with van der Waals surface area (Å²) in [6, 6.07) is 0.364. The van der Waals surface area contributed by atoms with Gasteiger partial charge in [0.2, 0.25) is 5.91 Å². The van der Waals surface area contributed by atoms with Gasteiger partial charge >= 0.3 is 0 Å². The monoisotopic (exact) mass is 185 g/mol. The maximum atomic E-state index is 11.1. The Hall–Kier alpha value is -0.610. The lowest BCUT2D eigenvalue weighted by Gasteiger charge is -2.37. The highest BCUT2D eigenvalue weighted by molar-refractivity contribution is 5.73. The van der Waals surface area contributed by atoms with Crippen molar-refractivity contribution in [1.29, 1.82) is 0 Å². The summed E-state index contributed by atoms with van der Waals surface area (Å²) < 4.78 is 0. The normalized spacial score (nSPS) is 29.0. The van der Waals surface area contributed by atoms with Crippen LogP contribution < -0.4 is 11.1 Å². The van der Waals surface area contributed by atoms with Crippen LogP contribution in [-0.4, -0.2) is 43.5 Å². The second-order valence-corrected chi connectivity index (χ2v) is 3.64. The molecular formula is C9H19N3O. The molecule has 1 heterocycles. The molecule has 0 aromatic carbocycles. The van der Waals surface area contributed by atoms with E-state index < -0.39 is 0 Å². The minimum Gasteiger partial charge on any atom is -0.341 e. The fourth-order valence-corrected chi connectivity index (χ4v) is 1.90. The Morgan fingerprint density at radius 1 is 1.69 bits per heavy atom. The number of nitrogens with one attached hydrogen (secondary N) is 1. The van der Waals surface area contributed by atoms with Gasteiger partial charge in [-0.3, -0.25) is 4.79 Å². The number of nitrogens with two attached hydrogens (primary N) is 1. The molecule has 1 aliphatic rings. The van der Waals surface area contributed by atoms with E-state index in [4.69, 9.17) is 5.73 Å². The van der Waals surface area contributed by atoms with Gasteiger partial charge in [-0.2, -0.15) is 0 Å². The zero-order valence-corrected chi connectivity index (χ0v) is 8.42. The van der Waals surface area contributed by atoms with E-state index in [1.807, 2.05) is 11.9 Å². The molecule has 0 bridgehead atoms. The van der Waals surface area contributed by atoms with Crippen LogP contribution in [0.4, 0.5) is 0 Å². The lowest BCUT2D eigenvalue weighted by molar-refractivity contribution is -0.130. The fourth-order valence-electron chi connectivity index (χ4n) is 1.90. The summed E-state index contributed by atoms with van der Waals surface area (Å²) in [6.07, 6.45) is 1.02. The van der Waals surface area contributed by atoms with Gasteiger partial charge < -0.3 is 16.0 Å². The third-order valence-electron chi connectivity index (χ3n) is 2.87. The number of likely N-dealkylation sites (N-methyl/N-ethyl adjacent to an activating group) is 1. The number of nitrogens with zero attached hydrogens (tertiary/aromatic N) is 1.